The molecule has 0 bridgehead atoms. The number of rotatable bonds is 0. The highest BCUT2D eigenvalue weighted by Crippen LogP contribution is 2.38. The zero-order valence-electron chi connectivity index (χ0n) is 9.06. The second kappa shape index (κ2) is 3.90. The first-order valence-electron chi connectivity index (χ1n) is 5.43. The van der Waals surface area contributed by atoms with Crippen LogP contribution in [0.3, 0.4) is 0 Å². The van der Waals surface area contributed by atoms with E-state index in [1.807, 2.05) is 48.5 Å². The zero-order valence-corrected chi connectivity index (χ0v) is 9.82. The molecule has 17 heavy (non-hydrogen) atoms. The highest BCUT2D eigenvalue weighted by Gasteiger charge is 2.25. The number of anilines is 2. The number of para-hydroxylation sites is 2. The van der Waals surface area contributed by atoms with E-state index in [9.17, 15) is 4.79 Å². The Morgan fingerprint density at radius 2 is 1.41 bits per heavy atom. The molecule has 0 radical (unpaired) electrons. The van der Waals surface area contributed by atoms with E-state index in [2.05, 4.69) is 0 Å². The van der Waals surface area contributed by atoms with Crippen LogP contribution < -0.4 is 4.90 Å². The molecule has 1 heterocycles. The number of hydrogen-bond acceptors (Lipinski definition) is 1. The van der Waals surface area contributed by atoms with Crippen molar-refractivity contribution >= 4 is 28.3 Å². The standard InChI is InChI=1S/C14H10ClNO/c15-14(17)16-12-7-3-1-5-10(12)9-11-6-2-4-8-13(11)16/h1-8H,9H2. The van der Waals surface area contributed by atoms with Crippen molar-refractivity contribution in [3.63, 3.8) is 0 Å². The Morgan fingerprint density at radius 3 is 1.88 bits per heavy atom. The Hall–Kier alpha value is -1.80. The molecule has 0 unspecified atom stereocenters. The van der Waals surface area contributed by atoms with Crippen LogP contribution in [0, 0.1) is 0 Å². The monoisotopic (exact) mass is 243 g/mol. The lowest BCUT2D eigenvalue weighted by atomic mass is 9.96. The number of hydrogen-bond donors (Lipinski definition) is 0. The third-order valence-electron chi connectivity index (χ3n) is 3.02. The number of fused-ring (bicyclic) bond motifs is 2. The van der Waals surface area contributed by atoms with Crippen molar-refractivity contribution in [2.24, 2.45) is 0 Å². The maximum atomic E-state index is 11.6. The van der Waals surface area contributed by atoms with Gasteiger partial charge in [0.1, 0.15) is 0 Å². The number of amides is 1. The van der Waals surface area contributed by atoms with Gasteiger partial charge in [-0.15, -0.1) is 0 Å². The van der Waals surface area contributed by atoms with Crippen LogP contribution in [0.25, 0.3) is 0 Å². The average molecular weight is 244 g/mol. The van der Waals surface area contributed by atoms with Gasteiger partial charge in [0.05, 0.1) is 11.4 Å². The second-order valence-electron chi connectivity index (χ2n) is 4.02. The van der Waals surface area contributed by atoms with E-state index in [0.29, 0.717) is 0 Å². The molecule has 0 saturated heterocycles. The molecule has 0 aliphatic carbocycles. The largest absolute Gasteiger partial charge is 0.325 e. The lowest BCUT2D eigenvalue weighted by molar-refractivity contribution is 0.266. The summed E-state index contributed by atoms with van der Waals surface area (Å²) in [6, 6.07) is 15.7. The summed E-state index contributed by atoms with van der Waals surface area (Å²) in [5, 5.41) is -0.468. The van der Waals surface area contributed by atoms with Crippen molar-refractivity contribution in [1.29, 1.82) is 0 Å². The Kier molecular flexibility index (Phi) is 2.37. The van der Waals surface area contributed by atoms with Gasteiger partial charge in [0.2, 0.25) is 0 Å². The molecule has 84 valence electrons. The van der Waals surface area contributed by atoms with Crippen molar-refractivity contribution in [3.05, 3.63) is 59.7 Å². The Morgan fingerprint density at radius 1 is 0.941 bits per heavy atom. The van der Waals surface area contributed by atoms with Gasteiger partial charge in [0.25, 0.3) is 0 Å². The molecule has 0 spiro atoms. The minimum absolute atomic E-state index is 0.468. The highest BCUT2D eigenvalue weighted by atomic mass is 35.5. The van der Waals surface area contributed by atoms with Crippen LogP contribution in [0.15, 0.2) is 48.5 Å². The summed E-state index contributed by atoms with van der Waals surface area (Å²) in [4.78, 5) is 13.2. The first kappa shape index (κ1) is 10.4. The van der Waals surface area contributed by atoms with Gasteiger partial charge >= 0.3 is 5.37 Å². The smallest absolute Gasteiger partial charge is 0.267 e. The first-order chi connectivity index (χ1) is 8.27. The predicted octanol–water partition coefficient (Wildman–Crippen LogP) is 4.09. The van der Waals surface area contributed by atoms with E-state index in [1.165, 1.54) is 0 Å². The minimum atomic E-state index is -0.468. The Bertz CT molecular complexity index is 549. The van der Waals surface area contributed by atoms with Gasteiger partial charge in [-0.05, 0) is 34.9 Å². The quantitative estimate of drug-likeness (QED) is 0.504. The predicted molar refractivity (Wildman–Crippen MR) is 69.1 cm³/mol. The summed E-state index contributed by atoms with van der Waals surface area (Å²) in [6.07, 6.45) is 0.840. The first-order valence-corrected chi connectivity index (χ1v) is 5.80. The maximum absolute atomic E-state index is 11.6. The molecule has 1 aliphatic rings. The maximum Gasteiger partial charge on any atom is 0.325 e. The lowest BCUT2D eigenvalue weighted by Gasteiger charge is -2.29. The van der Waals surface area contributed by atoms with Gasteiger partial charge in [-0.25, -0.2) is 0 Å². The summed E-state index contributed by atoms with van der Waals surface area (Å²) < 4.78 is 0. The van der Waals surface area contributed by atoms with Gasteiger partial charge < -0.3 is 0 Å². The Labute approximate surface area is 104 Å². The lowest BCUT2D eigenvalue weighted by Crippen LogP contribution is -2.25. The molecule has 3 heteroatoms. The van der Waals surface area contributed by atoms with E-state index in [0.717, 1.165) is 28.9 Å². The van der Waals surface area contributed by atoms with E-state index >= 15 is 0 Å². The number of halogens is 1. The molecule has 0 saturated carbocycles. The fraction of sp³-hybridized carbons (Fsp3) is 0.0714. The molecular formula is C14H10ClNO. The molecule has 2 aromatic rings. The molecule has 2 aromatic carbocycles. The molecule has 1 amide bonds. The third kappa shape index (κ3) is 1.61. The van der Waals surface area contributed by atoms with Gasteiger partial charge in [-0.3, -0.25) is 9.69 Å². The van der Waals surface area contributed by atoms with Gasteiger partial charge in [0.15, 0.2) is 0 Å². The van der Waals surface area contributed by atoms with Crippen molar-refractivity contribution in [2.75, 3.05) is 4.90 Å². The van der Waals surface area contributed by atoms with Crippen molar-refractivity contribution in [2.45, 2.75) is 6.42 Å². The van der Waals surface area contributed by atoms with Crippen molar-refractivity contribution in [3.8, 4) is 0 Å². The second-order valence-corrected chi connectivity index (χ2v) is 4.35. The number of carbonyl (C=O) groups is 1. The number of carbonyl (C=O) groups excluding carboxylic acids is 1. The van der Waals surface area contributed by atoms with E-state index < -0.39 is 5.37 Å². The summed E-state index contributed by atoms with van der Waals surface area (Å²) in [5.41, 5.74) is 4.01. The summed E-state index contributed by atoms with van der Waals surface area (Å²) in [7, 11) is 0. The molecule has 0 atom stereocenters. The third-order valence-corrected chi connectivity index (χ3v) is 3.19. The highest BCUT2D eigenvalue weighted by molar-refractivity contribution is 6.67. The fourth-order valence-corrected chi connectivity index (χ4v) is 2.46. The van der Waals surface area contributed by atoms with Crippen molar-refractivity contribution in [1.82, 2.24) is 0 Å². The van der Waals surface area contributed by atoms with Gasteiger partial charge in [-0.2, -0.15) is 0 Å². The molecule has 3 rings (SSSR count). The number of benzene rings is 2. The van der Waals surface area contributed by atoms with Crippen LogP contribution in [0.2, 0.25) is 0 Å². The van der Waals surface area contributed by atoms with Gasteiger partial charge in [0, 0.05) is 6.42 Å². The molecule has 0 aromatic heterocycles. The fourth-order valence-electron chi connectivity index (χ4n) is 2.28. The molecule has 0 N–H and O–H groups in total. The minimum Gasteiger partial charge on any atom is -0.267 e. The normalized spacial score (nSPS) is 12.9. The topological polar surface area (TPSA) is 20.3 Å². The average Bonchev–Trinajstić information content (AvgIpc) is 2.35. The van der Waals surface area contributed by atoms with E-state index in [-0.39, 0.29) is 0 Å². The summed E-state index contributed by atoms with van der Waals surface area (Å²) in [5.74, 6) is 0. The van der Waals surface area contributed by atoms with E-state index in [1.54, 1.807) is 4.90 Å². The molecule has 0 fully saturated rings. The molecular weight excluding hydrogens is 234 g/mol. The molecule has 1 aliphatic heterocycles. The van der Waals surface area contributed by atoms with Crippen LogP contribution in [0.5, 0.6) is 0 Å². The van der Waals surface area contributed by atoms with Crippen LogP contribution in [-0.2, 0) is 6.42 Å². The van der Waals surface area contributed by atoms with Crippen LogP contribution in [0.4, 0.5) is 16.2 Å². The van der Waals surface area contributed by atoms with Gasteiger partial charge in [-0.1, -0.05) is 36.4 Å². The summed E-state index contributed by atoms with van der Waals surface area (Å²) >= 11 is 5.70. The van der Waals surface area contributed by atoms with Crippen LogP contribution in [-0.4, -0.2) is 5.37 Å². The van der Waals surface area contributed by atoms with E-state index in [4.69, 9.17) is 11.6 Å². The summed E-state index contributed by atoms with van der Waals surface area (Å²) in [6.45, 7) is 0. The van der Waals surface area contributed by atoms with Crippen LogP contribution >= 0.6 is 11.6 Å². The zero-order chi connectivity index (χ0) is 11.8. The van der Waals surface area contributed by atoms with Crippen LogP contribution in [0.1, 0.15) is 11.1 Å². The molecule has 2 nitrogen and oxygen atoms in total. The Balaban J connectivity index is 2.24. The number of nitrogens with zero attached hydrogens (tertiary/aromatic N) is 1. The van der Waals surface area contributed by atoms with Crippen molar-refractivity contribution < 1.29 is 4.79 Å². The SMILES string of the molecule is O=C(Cl)N1c2ccccc2Cc2ccccc21.